The molecule has 1 N–H and O–H groups in total. The van der Waals surface area contributed by atoms with Crippen molar-refractivity contribution in [1.29, 1.82) is 0 Å². The van der Waals surface area contributed by atoms with Crippen molar-refractivity contribution in [3.63, 3.8) is 0 Å². The highest BCUT2D eigenvalue weighted by molar-refractivity contribution is 6.31. The molecule has 0 aliphatic heterocycles. The van der Waals surface area contributed by atoms with Crippen LogP contribution in [0.5, 0.6) is 0 Å². The molecule has 0 radical (unpaired) electrons. The Morgan fingerprint density at radius 3 is 2.70 bits per heavy atom. The van der Waals surface area contributed by atoms with Crippen LogP contribution in [0, 0.1) is 15.9 Å². The molecule has 0 unspecified atom stereocenters. The zero-order valence-electron chi connectivity index (χ0n) is 9.97. The molecule has 0 bridgehead atoms. The molecule has 102 valence electrons. The number of anilines is 1. The highest BCUT2D eigenvalue weighted by atomic mass is 35.5. The van der Waals surface area contributed by atoms with Crippen LogP contribution in [0.1, 0.15) is 10.4 Å². The lowest BCUT2D eigenvalue weighted by atomic mass is 10.2. The van der Waals surface area contributed by atoms with Gasteiger partial charge in [-0.15, -0.1) is 0 Å². The van der Waals surface area contributed by atoms with Crippen LogP contribution in [0.15, 0.2) is 42.5 Å². The van der Waals surface area contributed by atoms with Crippen LogP contribution in [-0.4, -0.2) is 10.8 Å². The molecule has 5 nitrogen and oxygen atoms in total. The van der Waals surface area contributed by atoms with Gasteiger partial charge in [0.25, 0.3) is 11.6 Å². The first kappa shape index (κ1) is 14.0. The first-order valence-corrected chi connectivity index (χ1v) is 5.86. The van der Waals surface area contributed by atoms with E-state index in [-0.39, 0.29) is 22.0 Å². The summed E-state index contributed by atoms with van der Waals surface area (Å²) in [6.45, 7) is 0. The molecule has 0 aliphatic carbocycles. The van der Waals surface area contributed by atoms with Gasteiger partial charge in [0.1, 0.15) is 5.82 Å². The van der Waals surface area contributed by atoms with E-state index in [9.17, 15) is 19.3 Å². The van der Waals surface area contributed by atoms with Gasteiger partial charge in [-0.2, -0.15) is 0 Å². The van der Waals surface area contributed by atoms with Gasteiger partial charge in [-0.3, -0.25) is 14.9 Å². The van der Waals surface area contributed by atoms with E-state index in [0.717, 1.165) is 6.07 Å². The van der Waals surface area contributed by atoms with E-state index in [0.29, 0.717) is 0 Å². The third-order valence-corrected chi connectivity index (χ3v) is 2.72. The molecule has 0 atom stereocenters. The quantitative estimate of drug-likeness (QED) is 0.694. The summed E-state index contributed by atoms with van der Waals surface area (Å²) in [4.78, 5) is 21.9. The summed E-state index contributed by atoms with van der Waals surface area (Å²) in [7, 11) is 0. The minimum absolute atomic E-state index is 0.172. The normalized spacial score (nSPS) is 10.1. The molecule has 0 heterocycles. The number of benzene rings is 2. The molecule has 0 spiro atoms. The fourth-order valence-electron chi connectivity index (χ4n) is 1.57. The minimum Gasteiger partial charge on any atom is -0.322 e. The molecule has 7 heteroatoms. The summed E-state index contributed by atoms with van der Waals surface area (Å²) in [5.41, 5.74) is -0.207. The van der Waals surface area contributed by atoms with Crippen molar-refractivity contribution in [3.05, 3.63) is 69.0 Å². The SMILES string of the molecule is O=C(Nc1cccc([N+](=O)[O-])c1)c1cc(Cl)ccc1F. The Kier molecular flexibility index (Phi) is 3.95. The van der Waals surface area contributed by atoms with Crippen LogP contribution < -0.4 is 5.32 Å². The second-order valence-corrected chi connectivity index (χ2v) is 4.32. The highest BCUT2D eigenvalue weighted by Gasteiger charge is 2.14. The molecule has 1 amide bonds. The van der Waals surface area contributed by atoms with Crippen LogP contribution in [0.2, 0.25) is 5.02 Å². The van der Waals surface area contributed by atoms with Gasteiger partial charge in [0.15, 0.2) is 0 Å². The van der Waals surface area contributed by atoms with Gasteiger partial charge >= 0.3 is 0 Å². The third-order valence-electron chi connectivity index (χ3n) is 2.49. The van der Waals surface area contributed by atoms with Crippen LogP contribution in [0.3, 0.4) is 0 Å². The van der Waals surface area contributed by atoms with Gasteiger partial charge in [0.05, 0.1) is 10.5 Å². The number of halogens is 2. The lowest BCUT2D eigenvalue weighted by Gasteiger charge is -2.06. The van der Waals surface area contributed by atoms with Crippen molar-refractivity contribution in [2.24, 2.45) is 0 Å². The van der Waals surface area contributed by atoms with E-state index < -0.39 is 16.6 Å². The van der Waals surface area contributed by atoms with E-state index in [4.69, 9.17) is 11.6 Å². The summed E-state index contributed by atoms with van der Waals surface area (Å²) in [6.07, 6.45) is 0. The molecule has 0 aliphatic rings. The van der Waals surface area contributed by atoms with E-state index >= 15 is 0 Å². The summed E-state index contributed by atoms with van der Waals surface area (Å²) in [6, 6.07) is 8.93. The van der Waals surface area contributed by atoms with Gasteiger partial charge in [0, 0.05) is 22.8 Å². The highest BCUT2D eigenvalue weighted by Crippen LogP contribution is 2.20. The zero-order valence-corrected chi connectivity index (χ0v) is 10.7. The minimum atomic E-state index is -0.731. The van der Waals surface area contributed by atoms with Crippen LogP contribution in [0.4, 0.5) is 15.8 Å². The molecular weight excluding hydrogens is 287 g/mol. The number of nitrogens with zero attached hydrogens (tertiary/aromatic N) is 1. The molecule has 0 fully saturated rings. The van der Waals surface area contributed by atoms with Gasteiger partial charge in [-0.1, -0.05) is 17.7 Å². The number of nitro benzene ring substituents is 1. The molecule has 0 saturated carbocycles. The standard InChI is InChI=1S/C13H8ClFN2O3/c14-8-4-5-12(15)11(6-8)13(18)16-9-2-1-3-10(7-9)17(19)20/h1-7H,(H,16,18). The van der Waals surface area contributed by atoms with Crippen LogP contribution in [-0.2, 0) is 0 Å². The topological polar surface area (TPSA) is 72.2 Å². The van der Waals surface area contributed by atoms with E-state index in [1.54, 1.807) is 0 Å². The monoisotopic (exact) mass is 294 g/mol. The summed E-state index contributed by atoms with van der Waals surface area (Å²) < 4.78 is 13.5. The maximum Gasteiger partial charge on any atom is 0.271 e. The second-order valence-electron chi connectivity index (χ2n) is 3.89. The van der Waals surface area contributed by atoms with Crippen molar-refractivity contribution < 1.29 is 14.1 Å². The number of nitrogens with one attached hydrogen (secondary N) is 1. The van der Waals surface area contributed by atoms with E-state index in [1.807, 2.05) is 0 Å². The second kappa shape index (κ2) is 5.66. The van der Waals surface area contributed by atoms with E-state index in [2.05, 4.69) is 5.32 Å². The average molecular weight is 295 g/mol. The smallest absolute Gasteiger partial charge is 0.271 e. The molecule has 2 rings (SSSR count). The van der Waals surface area contributed by atoms with Crippen LogP contribution in [0.25, 0.3) is 0 Å². The van der Waals surface area contributed by atoms with Gasteiger partial charge in [-0.25, -0.2) is 4.39 Å². The fraction of sp³-hybridized carbons (Fsp3) is 0. The first-order valence-electron chi connectivity index (χ1n) is 5.48. The Morgan fingerprint density at radius 1 is 1.25 bits per heavy atom. The number of hydrogen-bond acceptors (Lipinski definition) is 3. The lowest BCUT2D eigenvalue weighted by molar-refractivity contribution is -0.384. The maximum atomic E-state index is 13.5. The predicted octanol–water partition coefficient (Wildman–Crippen LogP) is 3.64. The molecule has 0 aromatic heterocycles. The number of non-ortho nitro benzene ring substituents is 1. The largest absolute Gasteiger partial charge is 0.322 e. The summed E-state index contributed by atoms with van der Waals surface area (Å²) in [5, 5.41) is 13.2. The molecule has 20 heavy (non-hydrogen) atoms. The number of amides is 1. The Morgan fingerprint density at radius 2 is 2.00 bits per heavy atom. The molecule has 2 aromatic rings. The Balaban J connectivity index is 2.25. The molecule has 0 saturated heterocycles. The Labute approximate surface area is 118 Å². The van der Waals surface area contributed by atoms with Crippen molar-refractivity contribution in [3.8, 4) is 0 Å². The number of hydrogen-bond donors (Lipinski definition) is 1. The Bertz CT molecular complexity index is 691. The molecule has 2 aromatic carbocycles. The van der Waals surface area contributed by atoms with Crippen LogP contribution >= 0.6 is 11.6 Å². The number of rotatable bonds is 3. The maximum absolute atomic E-state index is 13.5. The summed E-state index contributed by atoms with van der Waals surface area (Å²) >= 11 is 5.69. The van der Waals surface area contributed by atoms with Crippen molar-refractivity contribution >= 4 is 28.9 Å². The van der Waals surface area contributed by atoms with Gasteiger partial charge in [-0.05, 0) is 24.3 Å². The summed E-state index contributed by atoms with van der Waals surface area (Å²) in [5.74, 6) is -1.46. The van der Waals surface area contributed by atoms with Crippen molar-refractivity contribution in [2.45, 2.75) is 0 Å². The number of nitro groups is 1. The lowest BCUT2D eigenvalue weighted by Crippen LogP contribution is -2.13. The Hall–Kier alpha value is -2.47. The first-order chi connectivity index (χ1) is 9.47. The average Bonchev–Trinajstić information content (AvgIpc) is 2.41. The van der Waals surface area contributed by atoms with Crippen molar-refractivity contribution in [2.75, 3.05) is 5.32 Å². The van der Waals surface area contributed by atoms with Gasteiger partial charge < -0.3 is 5.32 Å². The van der Waals surface area contributed by atoms with Gasteiger partial charge in [0.2, 0.25) is 0 Å². The fourth-order valence-corrected chi connectivity index (χ4v) is 1.74. The van der Waals surface area contributed by atoms with E-state index in [1.165, 1.54) is 36.4 Å². The zero-order chi connectivity index (χ0) is 14.7. The van der Waals surface area contributed by atoms with Crippen molar-refractivity contribution in [1.82, 2.24) is 0 Å². The molecular formula is C13H8ClFN2O3. The third kappa shape index (κ3) is 3.10. The number of carbonyl (C=O) groups is 1. The number of carbonyl (C=O) groups excluding carboxylic acids is 1. The predicted molar refractivity (Wildman–Crippen MR) is 72.5 cm³/mol.